The van der Waals surface area contributed by atoms with E-state index >= 15 is 0 Å². The molecule has 3 unspecified atom stereocenters. The minimum Gasteiger partial charge on any atom is -0.480 e. The molecule has 14 heteroatoms. The average molecular weight is 573 g/mol. The summed E-state index contributed by atoms with van der Waals surface area (Å²) in [5.74, 6) is -4.01. The number of hydrogen-bond donors (Lipinski definition) is 4. The Morgan fingerprint density at radius 2 is 1.90 bits per heavy atom. The molecule has 0 saturated carbocycles. The van der Waals surface area contributed by atoms with Gasteiger partial charge in [0, 0.05) is 19.3 Å². The van der Waals surface area contributed by atoms with E-state index in [1.807, 2.05) is 0 Å². The fraction of sp³-hybridized carbons (Fsp3) is 0.444. The Kier molecular flexibility index (Phi) is 12.5. The van der Waals surface area contributed by atoms with Crippen LogP contribution < -0.4 is 21.5 Å². The summed E-state index contributed by atoms with van der Waals surface area (Å²) in [6, 6.07) is 0.563. The number of pyridine rings is 1. The summed E-state index contributed by atoms with van der Waals surface area (Å²) in [7, 11) is 1.61. The molecule has 4 N–H and O–H groups in total. The maximum Gasteiger partial charge on any atom is 0.330 e. The molecular weight excluding hydrogens is 536 g/mol. The molecule has 0 saturated heterocycles. The lowest BCUT2D eigenvalue weighted by Gasteiger charge is -2.20. The Hall–Kier alpha value is -4.75. The van der Waals surface area contributed by atoms with Crippen molar-refractivity contribution in [2.75, 3.05) is 11.9 Å². The normalized spacial score (nSPS) is 13.2. The Morgan fingerprint density at radius 3 is 2.51 bits per heavy atom. The first-order chi connectivity index (χ1) is 19.5. The molecule has 2 heterocycles. The maximum atomic E-state index is 13.2. The van der Waals surface area contributed by atoms with Crippen molar-refractivity contribution in [2.45, 2.75) is 58.7 Å². The van der Waals surface area contributed by atoms with Crippen LogP contribution in [0, 0.1) is 5.92 Å². The molecule has 0 fully saturated rings. The fourth-order valence-corrected chi connectivity index (χ4v) is 3.74. The monoisotopic (exact) mass is 572 g/mol. The number of rotatable bonds is 15. The molecule has 2 rings (SSSR count). The molecule has 0 spiro atoms. The summed E-state index contributed by atoms with van der Waals surface area (Å²) in [5.41, 5.74) is -0.649. The first-order valence-corrected chi connectivity index (χ1v) is 13.1. The van der Waals surface area contributed by atoms with Crippen molar-refractivity contribution in [1.82, 2.24) is 24.8 Å². The summed E-state index contributed by atoms with van der Waals surface area (Å²) in [6.45, 7) is 4.90. The average Bonchev–Trinajstić information content (AvgIpc) is 3.36. The van der Waals surface area contributed by atoms with Gasteiger partial charge in [0.1, 0.15) is 30.0 Å². The second-order valence-electron chi connectivity index (χ2n) is 9.26. The van der Waals surface area contributed by atoms with Crippen LogP contribution in [-0.2, 0) is 37.5 Å². The van der Waals surface area contributed by atoms with Crippen molar-refractivity contribution in [3.8, 4) is 0 Å². The number of aliphatic carboxylic acids is 1. The van der Waals surface area contributed by atoms with Crippen LogP contribution in [0.2, 0.25) is 0 Å². The number of carbonyl (C=O) groups excluding carboxylic acids is 4. The molecule has 0 aliphatic heterocycles. The zero-order valence-electron chi connectivity index (χ0n) is 23.5. The predicted octanol–water partition coefficient (Wildman–Crippen LogP) is 0.834. The Bertz CT molecular complexity index is 1330. The topological polar surface area (TPSA) is 191 Å². The van der Waals surface area contributed by atoms with Crippen LogP contribution in [0.1, 0.15) is 50.5 Å². The lowest BCUT2D eigenvalue weighted by molar-refractivity contribution is -0.143. The van der Waals surface area contributed by atoms with E-state index in [9.17, 15) is 33.9 Å². The van der Waals surface area contributed by atoms with Gasteiger partial charge in [-0.2, -0.15) is 0 Å². The van der Waals surface area contributed by atoms with E-state index < -0.39 is 53.8 Å². The molecule has 0 radical (unpaired) electrons. The Labute approximate surface area is 236 Å². The first-order valence-electron chi connectivity index (χ1n) is 13.1. The largest absolute Gasteiger partial charge is 0.480 e. The summed E-state index contributed by atoms with van der Waals surface area (Å²) in [4.78, 5) is 78.5. The summed E-state index contributed by atoms with van der Waals surface area (Å²) in [5, 5.41) is 17.0. The SMILES string of the molecule is CCOC(=O)C=CCCC(NC(=O)c1cncn1C)C(=O)Nc1cccn(CC(=O)NC(C(=O)O)C(C)CC)c1=O. The number of aromatic nitrogens is 3. The number of hydrogen-bond acceptors (Lipinski definition) is 8. The van der Waals surface area contributed by atoms with Gasteiger partial charge in [0.2, 0.25) is 11.8 Å². The Balaban J connectivity index is 2.18. The van der Waals surface area contributed by atoms with Gasteiger partial charge >= 0.3 is 11.9 Å². The third-order valence-electron chi connectivity index (χ3n) is 6.22. The van der Waals surface area contributed by atoms with Gasteiger partial charge in [0.05, 0.1) is 19.1 Å². The van der Waals surface area contributed by atoms with Gasteiger partial charge in [-0.15, -0.1) is 0 Å². The zero-order valence-corrected chi connectivity index (χ0v) is 23.5. The predicted molar refractivity (Wildman–Crippen MR) is 148 cm³/mol. The highest BCUT2D eigenvalue weighted by Crippen LogP contribution is 2.09. The maximum absolute atomic E-state index is 13.2. The lowest BCUT2D eigenvalue weighted by atomic mass is 9.99. The summed E-state index contributed by atoms with van der Waals surface area (Å²) >= 11 is 0. The van der Waals surface area contributed by atoms with E-state index in [1.54, 1.807) is 27.8 Å². The summed E-state index contributed by atoms with van der Waals surface area (Å²) in [6.07, 6.45) is 7.65. The second kappa shape index (κ2) is 15.7. The smallest absolute Gasteiger partial charge is 0.330 e. The number of esters is 1. The van der Waals surface area contributed by atoms with E-state index in [0.29, 0.717) is 6.42 Å². The van der Waals surface area contributed by atoms with Crippen molar-refractivity contribution in [3.63, 3.8) is 0 Å². The molecule has 0 aliphatic rings. The molecule has 2 aromatic rings. The number of carboxylic acid groups (broad SMARTS) is 1. The Morgan fingerprint density at radius 1 is 1.17 bits per heavy atom. The number of allylic oxidation sites excluding steroid dienone is 1. The molecule has 3 amide bonds. The van der Waals surface area contributed by atoms with Gasteiger partial charge < -0.3 is 34.9 Å². The van der Waals surface area contributed by atoms with Gasteiger partial charge in [-0.1, -0.05) is 26.3 Å². The van der Waals surface area contributed by atoms with Crippen LogP contribution in [0.4, 0.5) is 5.69 Å². The van der Waals surface area contributed by atoms with E-state index in [-0.39, 0.29) is 36.7 Å². The minimum absolute atomic E-state index is 0.0843. The van der Waals surface area contributed by atoms with Gasteiger partial charge in [0.25, 0.3) is 11.5 Å². The first kappa shape index (κ1) is 32.5. The number of carbonyl (C=O) groups is 5. The van der Waals surface area contributed by atoms with Crippen LogP contribution in [0.15, 0.2) is 47.8 Å². The zero-order chi connectivity index (χ0) is 30.5. The summed E-state index contributed by atoms with van der Waals surface area (Å²) < 4.78 is 7.33. The van der Waals surface area contributed by atoms with Crippen molar-refractivity contribution in [1.29, 1.82) is 0 Å². The number of imidazole rings is 1. The van der Waals surface area contributed by atoms with E-state index in [1.165, 1.54) is 47.6 Å². The van der Waals surface area contributed by atoms with Gasteiger partial charge in [-0.3, -0.25) is 19.2 Å². The van der Waals surface area contributed by atoms with Crippen LogP contribution >= 0.6 is 0 Å². The highest BCUT2D eigenvalue weighted by molar-refractivity contribution is 6.00. The van der Waals surface area contributed by atoms with Crippen LogP contribution in [0.5, 0.6) is 0 Å². The highest BCUT2D eigenvalue weighted by Gasteiger charge is 2.26. The number of carboxylic acids is 1. The third-order valence-corrected chi connectivity index (χ3v) is 6.22. The molecule has 41 heavy (non-hydrogen) atoms. The number of ether oxygens (including phenoxy) is 1. The van der Waals surface area contributed by atoms with Crippen molar-refractivity contribution in [3.05, 3.63) is 59.1 Å². The molecule has 0 bridgehead atoms. The van der Waals surface area contributed by atoms with Crippen LogP contribution in [0.3, 0.4) is 0 Å². The minimum atomic E-state index is -1.18. The number of nitrogens with zero attached hydrogens (tertiary/aromatic N) is 3. The van der Waals surface area contributed by atoms with Gasteiger partial charge in [-0.25, -0.2) is 14.6 Å². The number of nitrogens with one attached hydrogen (secondary N) is 3. The quantitative estimate of drug-likeness (QED) is 0.177. The number of aryl methyl sites for hydroxylation is 1. The van der Waals surface area contributed by atoms with Gasteiger partial charge in [0.15, 0.2) is 0 Å². The fourth-order valence-electron chi connectivity index (χ4n) is 3.74. The van der Waals surface area contributed by atoms with E-state index in [4.69, 9.17) is 4.74 Å². The molecular formula is C27H36N6O8. The molecule has 222 valence electrons. The number of anilines is 1. The molecule has 14 nitrogen and oxygen atoms in total. The molecule has 3 atom stereocenters. The highest BCUT2D eigenvalue weighted by atomic mass is 16.5. The molecule has 0 aromatic carbocycles. The molecule has 2 aromatic heterocycles. The van der Waals surface area contributed by atoms with Crippen molar-refractivity contribution < 1.29 is 33.8 Å². The number of amides is 3. The van der Waals surface area contributed by atoms with Crippen molar-refractivity contribution >= 4 is 35.3 Å². The third kappa shape index (κ3) is 9.74. The lowest BCUT2D eigenvalue weighted by Crippen LogP contribution is -2.47. The van der Waals surface area contributed by atoms with Gasteiger partial charge in [-0.05, 0) is 37.8 Å². The van der Waals surface area contributed by atoms with Crippen LogP contribution in [0.25, 0.3) is 0 Å². The van der Waals surface area contributed by atoms with Crippen molar-refractivity contribution in [2.24, 2.45) is 13.0 Å². The van der Waals surface area contributed by atoms with E-state index in [0.717, 1.165) is 4.57 Å². The molecule has 0 aliphatic carbocycles. The standard InChI is InChI=1S/C27H36N6O8/c1-5-17(3)23(27(39)40)31-21(34)15-33-13-9-11-19(26(33)38)30-24(36)18(10-7-8-12-22(35)41-6-2)29-25(37)20-14-28-16-32(20)4/h8-9,11-14,16-18,23H,5-7,10,15H2,1-4H3,(H,29,37)(H,30,36)(H,31,34)(H,39,40). The van der Waals surface area contributed by atoms with Crippen LogP contribution in [-0.4, -0.2) is 67.6 Å². The second-order valence-corrected chi connectivity index (χ2v) is 9.26. The van der Waals surface area contributed by atoms with E-state index in [2.05, 4.69) is 20.9 Å².